The SMILES string of the molecule is c1ccn(CC2CCCNC2)c1. The minimum absolute atomic E-state index is 0.839. The summed E-state index contributed by atoms with van der Waals surface area (Å²) in [6, 6.07) is 4.19. The second-order valence-electron chi connectivity index (χ2n) is 3.59. The van der Waals surface area contributed by atoms with Crippen LogP contribution in [0.15, 0.2) is 24.5 Å². The quantitative estimate of drug-likeness (QED) is 0.700. The van der Waals surface area contributed by atoms with Crippen LogP contribution in [0.2, 0.25) is 0 Å². The molecule has 2 heterocycles. The van der Waals surface area contributed by atoms with Gasteiger partial charge in [0.15, 0.2) is 0 Å². The summed E-state index contributed by atoms with van der Waals surface area (Å²) in [5.74, 6) is 0.839. The summed E-state index contributed by atoms with van der Waals surface area (Å²) < 4.78 is 2.28. The van der Waals surface area contributed by atoms with Crippen molar-refractivity contribution < 1.29 is 0 Å². The summed E-state index contributed by atoms with van der Waals surface area (Å²) in [6.07, 6.45) is 7.01. The molecule has 1 aromatic rings. The molecule has 1 N–H and O–H groups in total. The van der Waals surface area contributed by atoms with Gasteiger partial charge in [0, 0.05) is 18.9 Å². The van der Waals surface area contributed by atoms with Crippen LogP contribution in [0.1, 0.15) is 12.8 Å². The van der Waals surface area contributed by atoms with Crippen molar-refractivity contribution >= 4 is 0 Å². The van der Waals surface area contributed by atoms with Crippen LogP contribution in [-0.4, -0.2) is 17.7 Å². The number of aromatic nitrogens is 1. The Morgan fingerprint density at radius 2 is 2.17 bits per heavy atom. The third-order valence-electron chi connectivity index (χ3n) is 2.53. The van der Waals surface area contributed by atoms with Crippen LogP contribution in [0.3, 0.4) is 0 Å². The number of hydrogen-bond donors (Lipinski definition) is 1. The van der Waals surface area contributed by atoms with Crippen molar-refractivity contribution in [2.75, 3.05) is 13.1 Å². The molecule has 1 aliphatic rings. The molecule has 0 aliphatic carbocycles. The van der Waals surface area contributed by atoms with Crippen LogP contribution in [0.4, 0.5) is 0 Å². The summed E-state index contributed by atoms with van der Waals surface area (Å²) in [5.41, 5.74) is 0. The Labute approximate surface area is 73.6 Å². The van der Waals surface area contributed by atoms with Crippen molar-refractivity contribution in [2.24, 2.45) is 5.92 Å². The van der Waals surface area contributed by atoms with E-state index in [1.807, 2.05) is 0 Å². The first-order chi connectivity index (χ1) is 5.95. The normalized spacial score (nSPS) is 24.2. The van der Waals surface area contributed by atoms with Crippen molar-refractivity contribution in [3.8, 4) is 0 Å². The lowest BCUT2D eigenvalue weighted by Crippen LogP contribution is -2.31. The predicted octanol–water partition coefficient (Wildman–Crippen LogP) is 1.49. The number of nitrogens with one attached hydrogen (secondary N) is 1. The number of hydrogen-bond acceptors (Lipinski definition) is 1. The van der Waals surface area contributed by atoms with Gasteiger partial charge in [0.25, 0.3) is 0 Å². The number of rotatable bonds is 2. The van der Waals surface area contributed by atoms with E-state index in [-0.39, 0.29) is 0 Å². The van der Waals surface area contributed by atoms with E-state index in [2.05, 4.69) is 34.4 Å². The van der Waals surface area contributed by atoms with Gasteiger partial charge in [0.2, 0.25) is 0 Å². The first-order valence-corrected chi connectivity index (χ1v) is 4.76. The molecule has 66 valence electrons. The molecule has 0 aromatic carbocycles. The highest BCUT2D eigenvalue weighted by Gasteiger charge is 2.12. The molecule has 12 heavy (non-hydrogen) atoms. The minimum Gasteiger partial charge on any atom is -0.354 e. The maximum Gasteiger partial charge on any atom is 0.0260 e. The Morgan fingerprint density at radius 3 is 2.83 bits per heavy atom. The van der Waals surface area contributed by atoms with Crippen LogP contribution in [0.5, 0.6) is 0 Å². The molecule has 0 saturated carbocycles. The maximum absolute atomic E-state index is 3.43. The Morgan fingerprint density at radius 1 is 1.33 bits per heavy atom. The van der Waals surface area contributed by atoms with Gasteiger partial charge in [-0.1, -0.05) is 0 Å². The summed E-state index contributed by atoms with van der Waals surface area (Å²) in [4.78, 5) is 0. The lowest BCUT2D eigenvalue weighted by atomic mass is 10.00. The Bertz CT molecular complexity index is 210. The van der Waals surface area contributed by atoms with Crippen LogP contribution >= 0.6 is 0 Å². The lowest BCUT2D eigenvalue weighted by Gasteiger charge is -2.22. The van der Waals surface area contributed by atoms with E-state index >= 15 is 0 Å². The maximum atomic E-state index is 3.43. The number of piperidine rings is 1. The predicted molar refractivity (Wildman–Crippen MR) is 50.0 cm³/mol. The lowest BCUT2D eigenvalue weighted by molar-refractivity contribution is 0.337. The Kier molecular flexibility index (Phi) is 2.47. The molecule has 0 bridgehead atoms. The van der Waals surface area contributed by atoms with Crippen molar-refractivity contribution in [3.63, 3.8) is 0 Å². The zero-order valence-corrected chi connectivity index (χ0v) is 7.37. The largest absolute Gasteiger partial charge is 0.354 e. The van der Waals surface area contributed by atoms with Gasteiger partial charge in [0.1, 0.15) is 0 Å². The molecule has 2 nitrogen and oxygen atoms in total. The second kappa shape index (κ2) is 3.76. The first kappa shape index (κ1) is 7.87. The fraction of sp³-hybridized carbons (Fsp3) is 0.600. The highest BCUT2D eigenvalue weighted by Crippen LogP contribution is 2.12. The zero-order valence-electron chi connectivity index (χ0n) is 7.37. The molecule has 1 atom stereocenters. The topological polar surface area (TPSA) is 17.0 Å². The molecule has 1 saturated heterocycles. The smallest absolute Gasteiger partial charge is 0.0260 e. The van der Waals surface area contributed by atoms with Gasteiger partial charge in [-0.05, 0) is 44.0 Å². The Balaban J connectivity index is 1.86. The van der Waals surface area contributed by atoms with Crippen LogP contribution in [-0.2, 0) is 6.54 Å². The van der Waals surface area contributed by atoms with E-state index in [1.165, 1.54) is 32.5 Å². The molecule has 1 unspecified atom stereocenters. The molecule has 1 aliphatic heterocycles. The van der Waals surface area contributed by atoms with E-state index in [4.69, 9.17) is 0 Å². The molecular weight excluding hydrogens is 148 g/mol. The van der Waals surface area contributed by atoms with E-state index in [1.54, 1.807) is 0 Å². The standard InChI is InChI=1S/C10H16N2/c1-2-7-12(6-1)9-10-4-3-5-11-8-10/h1-2,6-7,10-11H,3-5,8-9H2. The number of nitrogens with zero attached hydrogens (tertiary/aromatic N) is 1. The monoisotopic (exact) mass is 164 g/mol. The van der Waals surface area contributed by atoms with Crippen molar-refractivity contribution in [1.29, 1.82) is 0 Å². The molecule has 0 radical (unpaired) electrons. The van der Waals surface area contributed by atoms with Gasteiger partial charge in [0.05, 0.1) is 0 Å². The Hall–Kier alpha value is -0.760. The van der Waals surface area contributed by atoms with Crippen LogP contribution < -0.4 is 5.32 Å². The van der Waals surface area contributed by atoms with Gasteiger partial charge < -0.3 is 9.88 Å². The third kappa shape index (κ3) is 1.89. The molecule has 0 amide bonds. The van der Waals surface area contributed by atoms with E-state index < -0.39 is 0 Å². The molecule has 1 fully saturated rings. The average Bonchev–Trinajstić information content (AvgIpc) is 2.59. The van der Waals surface area contributed by atoms with E-state index in [0.29, 0.717) is 0 Å². The molecule has 2 rings (SSSR count). The van der Waals surface area contributed by atoms with Crippen LogP contribution in [0, 0.1) is 5.92 Å². The molecule has 2 heteroatoms. The zero-order chi connectivity index (χ0) is 8.23. The third-order valence-corrected chi connectivity index (χ3v) is 2.53. The minimum atomic E-state index is 0.839. The molecule has 1 aromatic heterocycles. The summed E-state index contributed by atoms with van der Waals surface area (Å²) in [7, 11) is 0. The van der Waals surface area contributed by atoms with E-state index in [9.17, 15) is 0 Å². The second-order valence-corrected chi connectivity index (χ2v) is 3.59. The van der Waals surface area contributed by atoms with Crippen molar-refractivity contribution in [2.45, 2.75) is 19.4 Å². The summed E-state index contributed by atoms with van der Waals surface area (Å²) in [6.45, 7) is 3.58. The molecular formula is C10H16N2. The van der Waals surface area contributed by atoms with Gasteiger partial charge in [-0.25, -0.2) is 0 Å². The van der Waals surface area contributed by atoms with Gasteiger partial charge in [-0.2, -0.15) is 0 Å². The van der Waals surface area contributed by atoms with Crippen LogP contribution in [0.25, 0.3) is 0 Å². The van der Waals surface area contributed by atoms with Crippen molar-refractivity contribution in [3.05, 3.63) is 24.5 Å². The molecule has 0 spiro atoms. The highest BCUT2D eigenvalue weighted by molar-refractivity contribution is 4.91. The highest BCUT2D eigenvalue weighted by atomic mass is 15.0. The fourth-order valence-corrected chi connectivity index (χ4v) is 1.87. The van der Waals surface area contributed by atoms with Gasteiger partial charge in [-0.15, -0.1) is 0 Å². The summed E-state index contributed by atoms with van der Waals surface area (Å²) in [5, 5.41) is 3.43. The van der Waals surface area contributed by atoms with Gasteiger partial charge >= 0.3 is 0 Å². The van der Waals surface area contributed by atoms with Gasteiger partial charge in [-0.3, -0.25) is 0 Å². The fourth-order valence-electron chi connectivity index (χ4n) is 1.87. The first-order valence-electron chi connectivity index (χ1n) is 4.76. The van der Waals surface area contributed by atoms with E-state index in [0.717, 1.165) is 5.92 Å². The average molecular weight is 164 g/mol. The van der Waals surface area contributed by atoms with Crippen molar-refractivity contribution in [1.82, 2.24) is 9.88 Å². The summed E-state index contributed by atoms with van der Waals surface area (Å²) >= 11 is 0.